The smallest absolute Gasteiger partial charge is 0.311 e. The maximum absolute atomic E-state index is 11.8. The molecule has 134 valence electrons. The zero-order chi connectivity index (χ0) is 18.4. The Morgan fingerprint density at radius 1 is 1.36 bits per heavy atom. The number of hydrogen-bond donors (Lipinski definition) is 0. The average Bonchev–Trinajstić information content (AvgIpc) is 2.94. The second-order valence-corrected chi connectivity index (χ2v) is 12.6. The quantitative estimate of drug-likeness (QED) is 0.408. The highest BCUT2D eigenvalue weighted by Gasteiger charge is 2.16. The van der Waals surface area contributed by atoms with Crippen molar-refractivity contribution >= 4 is 25.1 Å². The summed E-state index contributed by atoms with van der Waals surface area (Å²) in [5.74, 6) is -0.334. The van der Waals surface area contributed by atoms with Crippen LogP contribution in [-0.4, -0.2) is 41.8 Å². The molecule has 0 amide bonds. The summed E-state index contributed by atoms with van der Waals surface area (Å²) in [4.78, 5) is 20.2. The summed E-state index contributed by atoms with van der Waals surface area (Å²) >= 11 is 0. The van der Waals surface area contributed by atoms with Crippen molar-refractivity contribution in [2.45, 2.75) is 45.8 Å². The summed E-state index contributed by atoms with van der Waals surface area (Å²) < 4.78 is 12.6. The second kappa shape index (κ2) is 8.23. The van der Waals surface area contributed by atoms with Gasteiger partial charge in [-0.05, 0) is 19.0 Å². The van der Waals surface area contributed by atoms with E-state index >= 15 is 0 Å². The molecule has 0 aliphatic heterocycles. The van der Waals surface area contributed by atoms with E-state index in [-0.39, 0.29) is 18.2 Å². The molecule has 25 heavy (non-hydrogen) atoms. The highest BCUT2D eigenvalue weighted by molar-refractivity contribution is 6.76. The number of nitrogens with zero attached hydrogens (tertiary/aromatic N) is 4. The number of aromatic nitrogens is 3. The molecule has 2 heterocycles. The van der Waals surface area contributed by atoms with Crippen LogP contribution >= 0.6 is 0 Å². The predicted molar refractivity (Wildman–Crippen MR) is 96.7 cm³/mol. The number of ether oxygens (including phenoxy) is 2. The Hall–Kier alpha value is -2.24. The van der Waals surface area contributed by atoms with E-state index in [9.17, 15) is 4.79 Å². The molecule has 0 N–H and O–H groups in total. The first-order chi connectivity index (χ1) is 11.8. The van der Waals surface area contributed by atoms with Crippen molar-refractivity contribution in [1.29, 1.82) is 5.26 Å². The van der Waals surface area contributed by atoms with Crippen molar-refractivity contribution in [3.8, 4) is 6.07 Å². The van der Waals surface area contributed by atoms with Crippen LogP contribution in [0.3, 0.4) is 0 Å². The van der Waals surface area contributed by atoms with Gasteiger partial charge in [0.2, 0.25) is 5.82 Å². The van der Waals surface area contributed by atoms with Crippen molar-refractivity contribution < 1.29 is 14.3 Å². The molecule has 0 atom stereocenters. The van der Waals surface area contributed by atoms with E-state index < -0.39 is 8.07 Å². The Morgan fingerprint density at radius 3 is 2.76 bits per heavy atom. The first-order valence-electron chi connectivity index (χ1n) is 8.33. The maximum atomic E-state index is 11.8. The molecule has 0 aliphatic carbocycles. The third-order valence-corrected chi connectivity index (χ3v) is 5.35. The van der Waals surface area contributed by atoms with Crippen LogP contribution in [0.1, 0.15) is 18.4 Å². The molecule has 0 aromatic carbocycles. The zero-order valence-corrected chi connectivity index (χ0v) is 16.2. The largest absolute Gasteiger partial charge is 0.466 e. The number of esters is 1. The Kier molecular flexibility index (Phi) is 6.28. The standard InChI is InChI=1S/C17H24N4O3Si/c1-5-24-16(22)10-14-13-6-7-21(12-23-8-9-25(2,3)4)17(13)20-15(11-18)19-14/h6-7H,5,8-10,12H2,1-4H3. The molecule has 0 unspecified atom stereocenters. The van der Waals surface area contributed by atoms with Crippen LogP contribution in [0, 0.1) is 11.3 Å². The van der Waals surface area contributed by atoms with Crippen molar-refractivity contribution in [3.63, 3.8) is 0 Å². The molecule has 0 aliphatic rings. The van der Waals surface area contributed by atoms with Gasteiger partial charge >= 0.3 is 5.97 Å². The lowest BCUT2D eigenvalue weighted by molar-refractivity contribution is -0.142. The van der Waals surface area contributed by atoms with E-state index in [1.54, 1.807) is 6.92 Å². The van der Waals surface area contributed by atoms with E-state index in [1.165, 1.54) is 0 Å². The molecule has 0 spiro atoms. The molecule has 0 saturated carbocycles. The molecule has 2 aromatic heterocycles. The van der Waals surface area contributed by atoms with Gasteiger partial charge in [0.25, 0.3) is 0 Å². The Morgan fingerprint density at radius 2 is 2.12 bits per heavy atom. The summed E-state index contributed by atoms with van der Waals surface area (Å²) in [5.41, 5.74) is 1.10. The van der Waals surface area contributed by atoms with Gasteiger partial charge in [0, 0.05) is 26.3 Å². The van der Waals surface area contributed by atoms with Gasteiger partial charge in [-0.3, -0.25) is 4.79 Å². The van der Waals surface area contributed by atoms with Crippen LogP contribution in [0.5, 0.6) is 0 Å². The van der Waals surface area contributed by atoms with Crippen molar-refractivity contribution in [2.24, 2.45) is 0 Å². The van der Waals surface area contributed by atoms with Crippen molar-refractivity contribution in [2.75, 3.05) is 13.2 Å². The normalized spacial score (nSPS) is 11.5. The fourth-order valence-electron chi connectivity index (χ4n) is 2.31. The molecular formula is C17H24N4O3Si. The van der Waals surface area contributed by atoms with Gasteiger partial charge in [-0.25, -0.2) is 9.97 Å². The Labute approximate surface area is 148 Å². The number of carbonyl (C=O) groups excluding carboxylic acids is 1. The first kappa shape index (κ1) is 19.1. The summed E-state index contributed by atoms with van der Waals surface area (Å²) in [6, 6.07) is 4.87. The van der Waals surface area contributed by atoms with Crippen LogP contribution in [0.2, 0.25) is 25.7 Å². The minimum Gasteiger partial charge on any atom is -0.466 e. The van der Waals surface area contributed by atoms with E-state index in [2.05, 4.69) is 29.6 Å². The van der Waals surface area contributed by atoms with E-state index in [0.717, 1.165) is 11.4 Å². The van der Waals surface area contributed by atoms with Gasteiger partial charge in [0.1, 0.15) is 18.4 Å². The van der Waals surface area contributed by atoms with Gasteiger partial charge in [-0.1, -0.05) is 19.6 Å². The number of hydrogen-bond acceptors (Lipinski definition) is 6. The third kappa shape index (κ3) is 5.37. The molecule has 7 nitrogen and oxygen atoms in total. The molecule has 0 fully saturated rings. The lowest BCUT2D eigenvalue weighted by Gasteiger charge is -2.15. The summed E-state index contributed by atoms with van der Waals surface area (Å²) in [7, 11) is -1.14. The molecule has 0 saturated heterocycles. The summed E-state index contributed by atoms with van der Waals surface area (Å²) in [6.07, 6.45) is 1.85. The Bertz CT molecular complexity index is 790. The molecule has 2 aromatic rings. The van der Waals surface area contributed by atoms with Crippen LogP contribution in [-0.2, 0) is 27.4 Å². The van der Waals surface area contributed by atoms with Crippen LogP contribution < -0.4 is 0 Å². The van der Waals surface area contributed by atoms with Crippen molar-refractivity contribution in [3.05, 3.63) is 23.8 Å². The van der Waals surface area contributed by atoms with Crippen LogP contribution in [0.25, 0.3) is 11.0 Å². The van der Waals surface area contributed by atoms with Crippen LogP contribution in [0.15, 0.2) is 12.3 Å². The van der Waals surface area contributed by atoms with Crippen molar-refractivity contribution in [1.82, 2.24) is 14.5 Å². The van der Waals surface area contributed by atoms with Gasteiger partial charge in [0.15, 0.2) is 0 Å². The molecule has 2 rings (SSSR count). The Balaban J connectivity index is 2.20. The minimum absolute atomic E-state index is 0.0159. The minimum atomic E-state index is -1.14. The number of rotatable bonds is 8. The molecule has 8 heteroatoms. The number of fused-ring (bicyclic) bond motifs is 1. The molecule has 0 bridgehead atoms. The van der Waals surface area contributed by atoms with Gasteiger partial charge in [-0.15, -0.1) is 0 Å². The predicted octanol–water partition coefficient (Wildman–Crippen LogP) is 2.72. The van der Waals surface area contributed by atoms with E-state index in [1.807, 2.05) is 22.9 Å². The fourth-order valence-corrected chi connectivity index (χ4v) is 3.06. The highest BCUT2D eigenvalue weighted by Crippen LogP contribution is 2.19. The van der Waals surface area contributed by atoms with E-state index in [4.69, 9.17) is 14.7 Å². The maximum Gasteiger partial charge on any atom is 0.311 e. The average molecular weight is 360 g/mol. The van der Waals surface area contributed by atoms with Gasteiger partial charge in [0.05, 0.1) is 18.7 Å². The zero-order valence-electron chi connectivity index (χ0n) is 15.2. The lowest BCUT2D eigenvalue weighted by atomic mass is 10.2. The lowest BCUT2D eigenvalue weighted by Crippen LogP contribution is -2.22. The van der Waals surface area contributed by atoms with Gasteiger partial charge < -0.3 is 14.0 Å². The summed E-state index contributed by atoms with van der Waals surface area (Å²) in [5, 5.41) is 9.90. The molecule has 0 radical (unpaired) electrons. The fraction of sp³-hybridized carbons (Fsp3) is 0.529. The highest BCUT2D eigenvalue weighted by atomic mass is 28.3. The topological polar surface area (TPSA) is 90.0 Å². The SMILES string of the molecule is CCOC(=O)Cc1nc(C#N)nc2c1ccn2COCC[Si](C)(C)C. The van der Waals surface area contributed by atoms with Crippen LogP contribution in [0.4, 0.5) is 0 Å². The number of nitriles is 1. The van der Waals surface area contributed by atoms with E-state index in [0.29, 0.717) is 31.3 Å². The van der Waals surface area contributed by atoms with Gasteiger partial charge in [-0.2, -0.15) is 5.26 Å². The number of carbonyl (C=O) groups is 1. The monoisotopic (exact) mass is 360 g/mol. The summed E-state index contributed by atoms with van der Waals surface area (Å²) in [6.45, 7) is 10.0. The molecular weight excluding hydrogens is 336 g/mol. The second-order valence-electron chi connectivity index (χ2n) is 6.96. The third-order valence-electron chi connectivity index (χ3n) is 3.64. The first-order valence-corrected chi connectivity index (χ1v) is 12.0.